The lowest BCUT2D eigenvalue weighted by molar-refractivity contribution is -0.171. The van der Waals surface area contributed by atoms with Crippen molar-refractivity contribution in [3.05, 3.63) is 42.0 Å². The van der Waals surface area contributed by atoms with E-state index in [0.717, 1.165) is 51.6 Å². The van der Waals surface area contributed by atoms with Crippen molar-refractivity contribution >= 4 is 11.5 Å². The lowest BCUT2D eigenvalue weighted by atomic mass is 9.47. The first-order chi connectivity index (χ1) is 12.5. The summed E-state index contributed by atoms with van der Waals surface area (Å²) in [5.74, 6) is 1.61. The molecule has 6 rings (SSSR count). The Bertz CT molecular complexity index is 724. The summed E-state index contributed by atoms with van der Waals surface area (Å²) in [5, 5.41) is 10.9. The number of benzene rings is 1. The second-order valence-electron chi connectivity index (χ2n) is 9.55. The second-order valence-corrected chi connectivity index (χ2v) is 9.55. The van der Waals surface area contributed by atoms with Crippen LogP contribution in [0.15, 0.2) is 36.4 Å². The smallest absolute Gasteiger partial charge is 0.223 e. The zero-order chi connectivity index (χ0) is 17.8. The molecular formula is C23H29NO2. The summed E-state index contributed by atoms with van der Waals surface area (Å²) < 4.78 is 0. The summed E-state index contributed by atoms with van der Waals surface area (Å²) in [7, 11) is 0. The van der Waals surface area contributed by atoms with E-state index < -0.39 is 5.60 Å². The zero-order valence-corrected chi connectivity index (χ0v) is 15.5. The van der Waals surface area contributed by atoms with Crippen molar-refractivity contribution in [2.75, 3.05) is 13.1 Å². The average molecular weight is 351 g/mol. The van der Waals surface area contributed by atoms with Gasteiger partial charge in [-0.2, -0.15) is 0 Å². The summed E-state index contributed by atoms with van der Waals surface area (Å²) in [6.07, 6.45) is 10.2. The standard InChI is InChI=1S/C23H29NO2/c25-21(24-8-6-20(7-9-24)19-4-2-1-3-5-19)15-22-11-17-10-18(12-22)14-23(26,13-17)16-22/h1-6,17-18,26H,7-16H2. The van der Waals surface area contributed by atoms with Crippen LogP contribution in [0, 0.1) is 17.3 Å². The fraction of sp³-hybridized carbons (Fsp3) is 0.609. The number of hydrogen-bond donors (Lipinski definition) is 1. The highest BCUT2D eigenvalue weighted by molar-refractivity contribution is 5.79. The molecule has 0 radical (unpaired) electrons. The van der Waals surface area contributed by atoms with E-state index in [9.17, 15) is 9.90 Å². The Kier molecular flexibility index (Phi) is 3.79. The number of aliphatic hydroxyl groups is 1. The highest BCUT2D eigenvalue weighted by Crippen LogP contribution is 2.62. The van der Waals surface area contributed by atoms with Crippen molar-refractivity contribution in [3.63, 3.8) is 0 Å². The van der Waals surface area contributed by atoms with Gasteiger partial charge >= 0.3 is 0 Å². The number of amides is 1. The van der Waals surface area contributed by atoms with Gasteiger partial charge in [-0.05, 0) is 73.3 Å². The van der Waals surface area contributed by atoms with Crippen molar-refractivity contribution in [2.45, 2.75) is 57.0 Å². The van der Waals surface area contributed by atoms with Crippen LogP contribution in [0.25, 0.3) is 5.57 Å². The first kappa shape index (κ1) is 16.6. The maximum Gasteiger partial charge on any atom is 0.223 e. The molecule has 5 aliphatic rings. The minimum Gasteiger partial charge on any atom is -0.390 e. The van der Waals surface area contributed by atoms with Gasteiger partial charge in [-0.3, -0.25) is 4.79 Å². The number of hydrogen-bond acceptors (Lipinski definition) is 2. The monoisotopic (exact) mass is 351 g/mol. The van der Waals surface area contributed by atoms with E-state index in [1.165, 1.54) is 17.6 Å². The molecule has 138 valence electrons. The number of carbonyl (C=O) groups excluding carboxylic acids is 1. The fourth-order valence-corrected chi connectivity index (χ4v) is 6.85. The topological polar surface area (TPSA) is 40.5 Å². The van der Waals surface area contributed by atoms with Gasteiger partial charge in [0.25, 0.3) is 0 Å². The van der Waals surface area contributed by atoms with Gasteiger partial charge in [0.1, 0.15) is 0 Å². The van der Waals surface area contributed by atoms with Gasteiger partial charge in [-0.1, -0.05) is 36.4 Å². The van der Waals surface area contributed by atoms with E-state index in [-0.39, 0.29) is 5.41 Å². The predicted molar refractivity (Wildman–Crippen MR) is 102 cm³/mol. The summed E-state index contributed by atoms with van der Waals surface area (Å²) >= 11 is 0. The Morgan fingerprint density at radius 3 is 2.46 bits per heavy atom. The number of carbonyl (C=O) groups is 1. The molecule has 3 heteroatoms. The SMILES string of the molecule is O=C(CC12CC3CC(CC(O)(C3)C1)C2)N1CC=C(c2ccccc2)CC1. The second kappa shape index (κ2) is 5.95. The van der Waals surface area contributed by atoms with E-state index in [1.807, 2.05) is 11.0 Å². The van der Waals surface area contributed by atoms with Crippen LogP contribution in [-0.2, 0) is 4.79 Å². The van der Waals surface area contributed by atoms with Crippen molar-refractivity contribution in [1.82, 2.24) is 4.90 Å². The Morgan fingerprint density at radius 1 is 1.12 bits per heavy atom. The third kappa shape index (κ3) is 2.90. The van der Waals surface area contributed by atoms with Crippen molar-refractivity contribution in [1.29, 1.82) is 0 Å². The third-order valence-electron chi connectivity index (χ3n) is 7.38. The first-order valence-corrected chi connectivity index (χ1v) is 10.3. The molecule has 4 aliphatic carbocycles. The van der Waals surface area contributed by atoms with Gasteiger partial charge < -0.3 is 10.0 Å². The Hall–Kier alpha value is -1.61. The lowest BCUT2D eigenvalue weighted by Gasteiger charge is -2.60. The van der Waals surface area contributed by atoms with Gasteiger partial charge in [0, 0.05) is 19.5 Å². The summed E-state index contributed by atoms with van der Waals surface area (Å²) in [6, 6.07) is 10.5. The summed E-state index contributed by atoms with van der Waals surface area (Å²) in [6.45, 7) is 1.56. The van der Waals surface area contributed by atoms with Crippen LogP contribution in [0.2, 0.25) is 0 Å². The Morgan fingerprint density at radius 2 is 1.85 bits per heavy atom. The van der Waals surface area contributed by atoms with E-state index in [0.29, 0.717) is 24.2 Å². The van der Waals surface area contributed by atoms with Crippen LogP contribution in [0.5, 0.6) is 0 Å². The quantitative estimate of drug-likeness (QED) is 0.893. The van der Waals surface area contributed by atoms with Gasteiger partial charge in [-0.25, -0.2) is 0 Å². The molecule has 0 aromatic heterocycles. The van der Waals surface area contributed by atoms with Gasteiger partial charge in [-0.15, -0.1) is 0 Å². The summed E-state index contributed by atoms with van der Waals surface area (Å²) in [5.41, 5.74) is 2.26. The van der Waals surface area contributed by atoms with E-state index in [1.54, 1.807) is 0 Å². The van der Waals surface area contributed by atoms with E-state index in [2.05, 4.69) is 30.3 Å². The molecule has 0 saturated heterocycles. The molecule has 26 heavy (non-hydrogen) atoms. The van der Waals surface area contributed by atoms with Crippen molar-refractivity contribution < 1.29 is 9.90 Å². The van der Waals surface area contributed by atoms with Crippen LogP contribution in [-0.4, -0.2) is 34.6 Å². The third-order valence-corrected chi connectivity index (χ3v) is 7.38. The maximum atomic E-state index is 13.0. The molecule has 3 nitrogen and oxygen atoms in total. The Balaban J connectivity index is 1.26. The highest BCUT2D eigenvalue weighted by atomic mass is 16.3. The van der Waals surface area contributed by atoms with Gasteiger partial charge in [0.05, 0.1) is 5.60 Å². The van der Waals surface area contributed by atoms with Crippen LogP contribution in [0.1, 0.15) is 56.9 Å². The molecule has 4 bridgehead atoms. The highest BCUT2D eigenvalue weighted by Gasteiger charge is 2.57. The minimum atomic E-state index is -0.466. The van der Waals surface area contributed by atoms with E-state index in [4.69, 9.17) is 0 Å². The largest absolute Gasteiger partial charge is 0.390 e. The number of rotatable bonds is 3. The molecule has 4 fully saturated rings. The van der Waals surface area contributed by atoms with Gasteiger partial charge in [0.2, 0.25) is 5.91 Å². The van der Waals surface area contributed by atoms with Crippen LogP contribution in [0.3, 0.4) is 0 Å². The molecule has 1 heterocycles. The summed E-state index contributed by atoms with van der Waals surface area (Å²) in [4.78, 5) is 15.1. The predicted octanol–water partition coefficient (Wildman–Crippen LogP) is 4.02. The molecule has 1 amide bonds. The molecule has 0 spiro atoms. The maximum absolute atomic E-state index is 13.0. The molecular weight excluding hydrogens is 322 g/mol. The fourth-order valence-electron chi connectivity index (χ4n) is 6.85. The molecule has 2 unspecified atom stereocenters. The normalized spacial score (nSPS) is 38.3. The molecule has 1 aliphatic heterocycles. The average Bonchev–Trinajstić information content (AvgIpc) is 2.60. The minimum absolute atomic E-state index is 0.0827. The van der Waals surface area contributed by atoms with Crippen LogP contribution >= 0.6 is 0 Å². The molecule has 1 aromatic rings. The van der Waals surface area contributed by atoms with Crippen molar-refractivity contribution in [2.24, 2.45) is 17.3 Å². The van der Waals surface area contributed by atoms with Gasteiger partial charge in [0.15, 0.2) is 0 Å². The molecule has 2 atom stereocenters. The van der Waals surface area contributed by atoms with Crippen LogP contribution in [0.4, 0.5) is 0 Å². The van der Waals surface area contributed by atoms with E-state index >= 15 is 0 Å². The first-order valence-electron chi connectivity index (χ1n) is 10.3. The molecule has 4 saturated carbocycles. The molecule has 1 aromatic carbocycles. The molecule has 1 N–H and O–H groups in total. The van der Waals surface area contributed by atoms with Crippen LogP contribution < -0.4 is 0 Å². The number of nitrogens with zero attached hydrogens (tertiary/aromatic N) is 1. The Labute approximate surface area is 156 Å². The zero-order valence-electron chi connectivity index (χ0n) is 15.5. The van der Waals surface area contributed by atoms with Crippen molar-refractivity contribution in [3.8, 4) is 0 Å². The lowest BCUT2D eigenvalue weighted by Crippen LogP contribution is -2.56.